The van der Waals surface area contributed by atoms with Crippen LogP contribution in [0.5, 0.6) is 0 Å². The number of urea groups is 1. The van der Waals surface area contributed by atoms with Gasteiger partial charge in [-0.1, -0.05) is 42.5 Å². The smallest absolute Gasteiger partial charge is 0.341 e. The maximum absolute atomic E-state index is 12.8. The van der Waals surface area contributed by atoms with E-state index in [9.17, 15) is 9.59 Å². The summed E-state index contributed by atoms with van der Waals surface area (Å²) in [7, 11) is 0. The van der Waals surface area contributed by atoms with Crippen LogP contribution in [0.4, 0.5) is 4.79 Å². The number of fused-ring (bicyclic) bond motifs is 1. The number of rotatable bonds is 6. The van der Waals surface area contributed by atoms with Crippen molar-refractivity contribution in [2.75, 3.05) is 13.2 Å². The number of amides is 2. The molecule has 2 atom stereocenters. The van der Waals surface area contributed by atoms with Crippen molar-refractivity contribution in [2.24, 2.45) is 10.9 Å². The number of carbonyl (C=O) groups excluding carboxylic acids is 2. The fourth-order valence-electron chi connectivity index (χ4n) is 3.32. The van der Waals surface area contributed by atoms with E-state index < -0.39 is 24.0 Å². The van der Waals surface area contributed by atoms with Gasteiger partial charge in [0.2, 0.25) is 0 Å². The van der Waals surface area contributed by atoms with Crippen molar-refractivity contribution in [1.82, 2.24) is 5.32 Å². The third kappa shape index (κ3) is 4.34. The number of hydrogen-bond donors (Lipinski definition) is 1. The van der Waals surface area contributed by atoms with Gasteiger partial charge in [0, 0.05) is 5.71 Å². The Morgan fingerprint density at radius 1 is 1.15 bits per heavy atom. The molecule has 2 unspecified atom stereocenters. The Hall–Kier alpha value is -2.73. The van der Waals surface area contributed by atoms with Crippen molar-refractivity contribution in [3.05, 3.63) is 48.0 Å². The highest BCUT2D eigenvalue weighted by atomic mass is 16.6. The van der Waals surface area contributed by atoms with Crippen LogP contribution in [0, 0.1) is 5.92 Å². The number of hydrogen-bond acceptors (Lipinski definition) is 4. The molecular weight excluding hydrogens is 344 g/mol. The maximum atomic E-state index is 12.8. The fourth-order valence-corrected chi connectivity index (χ4v) is 3.32. The molecule has 27 heavy (non-hydrogen) atoms. The Morgan fingerprint density at radius 2 is 1.89 bits per heavy atom. The third-order valence-corrected chi connectivity index (χ3v) is 4.53. The Morgan fingerprint density at radius 3 is 2.67 bits per heavy atom. The van der Waals surface area contributed by atoms with Gasteiger partial charge in [-0.3, -0.25) is 4.79 Å². The second-order valence-electron chi connectivity index (χ2n) is 6.81. The van der Waals surface area contributed by atoms with Crippen LogP contribution in [-0.2, 0) is 14.3 Å². The lowest BCUT2D eigenvalue weighted by Crippen LogP contribution is -2.44. The van der Waals surface area contributed by atoms with E-state index in [1.165, 1.54) is 0 Å². The second kappa shape index (κ2) is 8.31. The van der Waals surface area contributed by atoms with Crippen LogP contribution in [-0.4, -0.2) is 37.0 Å². The first-order chi connectivity index (χ1) is 13.0. The van der Waals surface area contributed by atoms with Gasteiger partial charge in [-0.2, -0.15) is 0 Å². The molecule has 0 radical (unpaired) electrons. The molecule has 2 amide bonds. The van der Waals surface area contributed by atoms with Gasteiger partial charge in [-0.15, -0.1) is 0 Å². The fraction of sp³-hybridized carbons (Fsp3) is 0.381. The molecule has 1 aliphatic rings. The van der Waals surface area contributed by atoms with E-state index >= 15 is 0 Å². The van der Waals surface area contributed by atoms with E-state index in [-0.39, 0.29) is 12.7 Å². The molecule has 0 bridgehead atoms. The van der Waals surface area contributed by atoms with Gasteiger partial charge in [0.15, 0.2) is 0 Å². The zero-order chi connectivity index (χ0) is 19.4. The summed E-state index contributed by atoms with van der Waals surface area (Å²) >= 11 is 0. The molecular formula is C21H24N2O4. The SMILES string of the molecule is CC1=NC(=O)NC(c2cccc3ccccc23)C1C(=O)OCCOC(C)C. The van der Waals surface area contributed by atoms with Crippen LogP contribution in [0.2, 0.25) is 0 Å². The predicted molar refractivity (Wildman–Crippen MR) is 104 cm³/mol. The van der Waals surface area contributed by atoms with Gasteiger partial charge in [0.25, 0.3) is 0 Å². The van der Waals surface area contributed by atoms with Crippen molar-refractivity contribution >= 4 is 28.5 Å². The molecule has 1 N–H and O–H groups in total. The lowest BCUT2D eigenvalue weighted by molar-refractivity contribution is -0.149. The first-order valence-electron chi connectivity index (χ1n) is 9.09. The average Bonchev–Trinajstić information content (AvgIpc) is 2.63. The highest BCUT2D eigenvalue weighted by Gasteiger charge is 2.38. The molecule has 2 aromatic rings. The molecule has 142 valence electrons. The van der Waals surface area contributed by atoms with Crippen LogP contribution >= 0.6 is 0 Å². The molecule has 2 aromatic carbocycles. The van der Waals surface area contributed by atoms with Crippen molar-refractivity contribution in [2.45, 2.75) is 32.9 Å². The van der Waals surface area contributed by atoms with Crippen LogP contribution < -0.4 is 5.32 Å². The van der Waals surface area contributed by atoms with E-state index in [2.05, 4.69) is 10.3 Å². The lowest BCUT2D eigenvalue weighted by atomic mass is 9.86. The minimum atomic E-state index is -0.674. The van der Waals surface area contributed by atoms with Crippen molar-refractivity contribution in [3.63, 3.8) is 0 Å². The molecule has 0 saturated carbocycles. The van der Waals surface area contributed by atoms with Gasteiger partial charge < -0.3 is 14.8 Å². The van der Waals surface area contributed by atoms with Crippen molar-refractivity contribution < 1.29 is 19.1 Å². The molecule has 3 rings (SSSR count). The number of esters is 1. The van der Waals surface area contributed by atoms with E-state index in [1.807, 2.05) is 56.3 Å². The Labute approximate surface area is 158 Å². The Kier molecular flexibility index (Phi) is 5.86. The summed E-state index contributed by atoms with van der Waals surface area (Å²) < 4.78 is 10.8. The lowest BCUT2D eigenvalue weighted by Gasteiger charge is -2.30. The van der Waals surface area contributed by atoms with E-state index in [1.54, 1.807) is 6.92 Å². The molecule has 1 heterocycles. The summed E-state index contributed by atoms with van der Waals surface area (Å²) in [5.74, 6) is -1.09. The van der Waals surface area contributed by atoms with Gasteiger partial charge >= 0.3 is 12.0 Å². The van der Waals surface area contributed by atoms with Gasteiger partial charge in [-0.05, 0) is 37.1 Å². The van der Waals surface area contributed by atoms with E-state index in [0.717, 1.165) is 16.3 Å². The average molecular weight is 368 g/mol. The van der Waals surface area contributed by atoms with Crippen LogP contribution in [0.15, 0.2) is 47.5 Å². The molecule has 0 aromatic heterocycles. The monoisotopic (exact) mass is 368 g/mol. The predicted octanol–water partition coefficient (Wildman–Crippen LogP) is 3.65. The molecule has 6 nitrogen and oxygen atoms in total. The zero-order valence-electron chi connectivity index (χ0n) is 15.8. The van der Waals surface area contributed by atoms with Crippen LogP contribution in [0.25, 0.3) is 10.8 Å². The standard InChI is InChI=1S/C21H24N2O4/c1-13(2)26-11-12-27-20(24)18-14(3)22-21(25)23-19(18)17-10-6-8-15-7-4-5-9-16(15)17/h4-10,13,18-19H,11-12H2,1-3H3,(H,23,25). The highest BCUT2D eigenvalue weighted by Crippen LogP contribution is 2.32. The third-order valence-electron chi connectivity index (χ3n) is 4.53. The highest BCUT2D eigenvalue weighted by molar-refractivity contribution is 6.08. The first-order valence-corrected chi connectivity index (χ1v) is 9.09. The minimum absolute atomic E-state index is 0.0735. The maximum Gasteiger partial charge on any atom is 0.341 e. The van der Waals surface area contributed by atoms with E-state index in [0.29, 0.717) is 12.3 Å². The molecule has 0 fully saturated rings. The summed E-state index contributed by atoms with van der Waals surface area (Å²) in [6.45, 7) is 6.03. The molecule has 0 spiro atoms. The quantitative estimate of drug-likeness (QED) is 0.624. The molecule has 0 saturated heterocycles. The molecule has 6 heteroatoms. The number of benzene rings is 2. The summed E-state index contributed by atoms with van der Waals surface area (Å²) in [6, 6.07) is 12.8. The van der Waals surface area contributed by atoms with Gasteiger partial charge in [0.05, 0.1) is 18.8 Å². The first kappa shape index (κ1) is 19.0. The molecule has 1 aliphatic heterocycles. The summed E-state index contributed by atoms with van der Waals surface area (Å²) in [6.07, 6.45) is 0.0735. The number of aliphatic imine (C=N–C) groups is 1. The summed E-state index contributed by atoms with van der Waals surface area (Å²) in [5.41, 5.74) is 1.32. The Balaban J connectivity index is 1.88. The normalized spacial score (nSPS) is 19.7. The van der Waals surface area contributed by atoms with Crippen molar-refractivity contribution in [3.8, 4) is 0 Å². The van der Waals surface area contributed by atoms with Crippen LogP contribution in [0.3, 0.4) is 0 Å². The number of carbonyl (C=O) groups is 2. The second-order valence-corrected chi connectivity index (χ2v) is 6.81. The summed E-state index contributed by atoms with van der Waals surface area (Å²) in [4.78, 5) is 28.7. The van der Waals surface area contributed by atoms with Crippen LogP contribution in [0.1, 0.15) is 32.4 Å². The topological polar surface area (TPSA) is 77.0 Å². The Bertz CT molecular complexity index is 870. The van der Waals surface area contributed by atoms with Crippen molar-refractivity contribution in [1.29, 1.82) is 0 Å². The van der Waals surface area contributed by atoms with Gasteiger partial charge in [-0.25, -0.2) is 9.79 Å². The largest absolute Gasteiger partial charge is 0.463 e. The number of nitrogens with zero attached hydrogens (tertiary/aromatic N) is 1. The summed E-state index contributed by atoms with van der Waals surface area (Å²) in [5, 5.41) is 4.87. The minimum Gasteiger partial charge on any atom is -0.463 e. The molecule has 0 aliphatic carbocycles. The zero-order valence-corrected chi connectivity index (χ0v) is 15.8. The van der Waals surface area contributed by atoms with Gasteiger partial charge in [0.1, 0.15) is 12.5 Å². The van der Waals surface area contributed by atoms with E-state index in [4.69, 9.17) is 9.47 Å². The number of ether oxygens (including phenoxy) is 2. The number of nitrogens with one attached hydrogen (secondary N) is 1.